The monoisotopic (exact) mass is 503 g/mol. The van der Waals surface area contributed by atoms with Crippen molar-refractivity contribution >= 4 is 33.4 Å². The standard InChI is InChI=1S/C26H30ClNO5S/c1-25-13-11-21(29)23(27)20(25)7-6-17-18-8-9-22(26(18,2)12-10-19(17)25)33-24(30)15-4-3-5-16(14-15)34(28,31)32/h3-5,11,13-14,17-19,22H,6-10,12H2,1-2H3,(H2,28,31,32)/t17?,18?,19?,22-,25+,26-/m0/s1. The van der Waals surface area contributed by atoms with Gasteiger partial charge in [-0.25, -0.2) is 18.4 Å². The Morgan fingerprint density at radius 3 is 2.65 bits per heavy atom. The van der Waals surface area contributed by atoms with E-state index in [1.165, 1.54) is 18.2 Å². The Hall–Kier alpha value is -1.96. The van der Waals surface area contributed by atoms with E-state index in [-0.39, 0.29) is 33.2 Å². The van der Waals surface area contributed by atoms with E-state index >= 15 is 0 Å². The van der Waals surface area contributed by atoms with Crippen LogP contribution in [0.1, 0.15) is 62.7 Å². The molecule has 4 aliphatic carbocycles. The number of rotatable bonds is 3. The van der Waals surface area contributed by atoms with Crippen LogP contribution in [0.15, 0.2) is 51.9 Å². The normalized spacial score (nSPS) is 37.1. The predicted molar refractivity (Wildman–Crippen MR) is 128 cm³/mol. The van der Waals surface area contributed by atoms with Gasteiger partial charge >= 0.3 is 5.97 Å². The molecule has 0 bridgehead atoms. The lowest BCUT2D eigenvalue weighted by Gasteiger charge is -2.56. The number of allylic oxidation sites excluding steroid dienone is 4. The number of carbonyl (C=O) groups excluding carboxylic acids is 2. The average molecular weight is 504 g/mol. The highest BCUT2D eigenvalue weighted by Crippen LogP contribution is 2.65. The molecular weight excluding hydrogens is 474 g/mol. The van der Waals surface area contributed by atoms with Gasteiger partial charge < -0.3 is 4.74 Å². The average Bonchev–Trinajstić information content (AvgIpc) is 3.12. The van der Waals surface area contributed by atoms with Crippen molar-refractivity contribution in [1.82, 2.24) is 0 Å². The molecule has 6 nitrogen and oxygen atoms in total. The number of sulfonamides is 1. The first-order chi connectivity index (χ1) is 15.9. The van der Waals surface area contributed by atoms with E-state index < -0.39 is 16.0 Å². The molecule has 0 aliphatic heterocycles. The first-order valence-electron chi connectivity index (χ1n) is 11.9. The number of nitrogens with two attached hydrogens (primary N) is 1. The van der Waals surface area contributed by atoms with Crippen molar-refractivity contribution in [2.24, 2.45) is 33.7 Å². The summed E-state index contributed by atoms with van der Waals surface area (Å²) in [5.41, 5.74) is 0.948. The van der Waals surface area contributed by atoms with Crippen molar-refractivity contribution in [2.45, 2.75) is 63.4 Å². The van der Waals surface area contributed by atoms with Gasteiger partial charge in [-0.1, -0.05) is 37.6 Å². The quantitative estimate of drug-likeness (QED) is 0.600. The largest absolute Gasteiger partial charge is 0.458 e. The second-order valence-corrected chi connectivity index (χ2v) is 12.7. The second kappa shape index (κ2) is 8.04. The minimum Gasteiger partial charge on any atom is -0.458 e. The van der Waals surface area contributed by atoms with Crippen molar-refractivity contribution in [3.8, 4) is 0 Å². The number of ether oxygens (including phenoxy) is 1. The zero-order chi connectivity index (χ0) is 24.5. The minimum absolute atomic E-state index is 0.0902. The Bertz CT molecular complexity index is 1240. The molecule has 1 aromatic carbocycles. The van der Waals surface area contributed by atoms with Crippen molar-refractivity contribution < 1.29 is 22.7 Å². The SMILES string of the molecule is C[C@]12C=CC(=O)C(Cl)=C1CCC1C2CC[C@@]2(C)C1CC[C@@H]2OC(=O)c1cccc(S(N)(=O)=O)c1. The zero-order valence-corrected chi connectivity index (χ0v) is 21.0. The van der Waals surface area contributed by atoms with Gasteiger partial charge in [0.2, 0.25) is 10.0 Å². The maximum Gasteiger partial charge on any atom is 0.338 e. The van der Waals surface area contributed by atoms with E-state index in [0.29, 0.717) is 22.8 Å². The summed E-state index contributed by atoms with van der Waals surface area (Å²) >= 11 is 6.45. The van der Waals surface area contributed by atoms with E-state index in [1.807, 2.05) is 0 Å². The van der Waals surface area contributed by atoms with Crippen LogP contribution in [0.25, 0.3) is 0 Å². The third-order valence-electron chi connectivity index (χ3n) is 9.21. The lowest BCUT2D eigenvalue weighted by molar-refractivity contribution is -0.111. The van der Waals surface area contributed by atoms with E-state index in [2.05, 4.69) is 19.9 Å². The second-order valence-electron chi connectivity index (χ2n) is 10.8. The zero-order valence-electron chi connectivity index (χ0n) is 19.4. The topological polar surface area (TPSA) is 104 Å². The summed E-state index contributed by atoms with van der Waals surface area (Å²) in [5.74, 6) is 0.703. The Kier molecular flexibility index (Phi) is 5.62. The fourth-order valence-corrected chi connectivity index (χ4v) is 8.34. The number of carbonyl (C=O) groups is 2. The van der Waals surface area contributed by atoms with E-state index in [1.54, 1.807) is 12.1 Å². The molecule has 6 atom stereocenters. The Balaban J connectivity index is 1.37. The maximum atomic E-state index is 13.0. The molecule has 0 spiro atoms. The summed E-state index contributed by atoms with van der Waals surface area (Å²) < 4.78 is 29.4. The highest BCUT2D eigenvalue weighted by atomic mass is 35.5. The summed E-state index contributed by atoms with van der Waals surface area (Å²) in [4.78, 5) is 25.0. The van der Waals surface area contributed by atoms with Gasteiger partial charge in [0.1, 0.15) is 6.10 Å². The van der Waals surface area contributed by atoms with Crippen LogP contribution in [0.5, 0.6) is 0 Å². The predicted octanol–water partition coefficient (Wildman–Crippen LogP) is 4.73. The molecule has 1 aromatic rings. The van der Waals surface area contributed by atoms with Crippen molar-refractivity contribution in [3.05, 3.63) is 52.6 Å². The molecule has 3 unspecified atom stereocenters. The van der Waals surface area contributed by atoms with Gasteiger partial charge in [-0.3, -0.25) is 4.79 Å². The highest BCUT2D eigenvalue weighted by Gasteiger charge is 2.60. The molecule has 3 fully saturated rings. The van der Waals surface area contributed by atoms with Gasteiger partial charge in [0, 0.05) is 10.8 Å². The van der Waals surface area contributed by atoms with E-state index in [9.17, 15) is 18.0 Å². The fourth-order valence-electron chi connectivity index (χ4n) is 7.42. The van der Waals surface area contributed by atoms with Gasteiger partial charge in [-0.05, 0) is 86.1 Å². The van der Waals surface area contributed by atoms with Crippen LogP contribution >= 0.6 is 11.6 Å². The van der Waals surface area contributed by atoms with Crippen LogP contribution in [-0.4, -0.2) is 26.3 Å². The number of benzene rings is 1. The van der Waals surface area contributed by atoms with E-state index in [4.69, 9.17) is 21.5 Å². The molecule has 0 heterocycles. The van der Waals surface area contributed by atoms with Crippen molar-refractivity contribution in [3.63, 3.8) is 0 Å². The molecule has 2 N–H and O–H groups in total. The van der Waals surface area contributed by atoms with Gasteiger partial charge in [-0.2, -0.15) is 0 Å². The van der Waals surface area contributed by atoms with E-state index in [0.717, 1.165) is 44.1 Å². The van der Waals surface area contributed by atoms with Crippen molar-refractivity contribution in [1.29, 1.82) is 0 Å². The van der Waals surface area contributed by atoms with Crippen LogP contribution in [0.3, 0.4) is 0 Å². The maximum absolute atomic E-state index is 13.0. The molecule has 0 amide bonds. The van der Waals surface area contributed by atoms with Gasteiger partial charge in [0.05, 0.1) is 15.5 Å². The highest BCUT2D eigenvalue weighted by molar-refractivity contribution is 7.89. The van der Waals surface area contributed by atoms with Crippen molar-refractivity contribution in [2.75, 3.05) is 0 Å². The Labute approximate surface area is 205 Å². The molecule has 0 radical (unpaired) electrons. The molecule has 0 saturated heterocycles. The lowest BCUT2D eigenvalue weighted by Crippen LogP contribution is -2.51. The summed E-state index contributed by atoms with van der Waals surface area (Å²) in [6.07, 6.45) is 8.98. The smallest absolute Gasteiger partial charge is 0.338 e. The minimum atomic E-state index is -3.90. The lowest BCUT2D eigenvalue weighted by atomic mass is 9.48. The molecule has 4 aliphatic rings. The number of primary sulfonamides is 1. The van der Waals surface area contributed by atoms with Crippen LogP contribution < -0.4 is 5.14 Å². The molecule has 0 aromatic heterocycles. The van der Waals surface area contributed by atoms with Crippen LogP contribution in [0.4, 0.5) is 0 Å². The summed E-state index contributed by atoms with van der Waals surface area (Å²) in [6, 6.07) is 5.70. The van der Waals surface area contributed by atoms with Crippen LogP contribution in [-0.2, 0) is 19.6 Å². The number of fused-ring (bicyclic) bond motifs is 5. The molecule has 8 heteroatoms. The molecule has 34 heavy (non-hydrogen) atoms. The first kappa shape index (κ1) is 23.8. The summed E-state index contributed by atoms with van der Waals surface area (Å²) in [5, 5.41) is 5.62. The molecule has 3 saturated carbocycles. The van der Waals surface area contributed by atoms with Gasteiger partial charge in [-0.15, -0.1) is 0 Å². The van der Waals surface area contributed by atoms with Gasteiger partial charge in [0.25, 0.3) is 0 Å². The fraction of sp³-hybridized carbons (Fsp3) is 0.538. The molecular formula is C26H30ClNO5S. The Morgan fingerprint density at radius 1 is 1.15 bits per heavy atom. The number of halogens is 1. The number of hydrogen-bond donors (Lipinski definition) is 1. The molecule has 5 rings (SSSR count). The Morgan fingerprint density at radius 2 is 1.91 bits per heavy atom. The third-order valence-corrected chi connectivity index (χ3v) is 10.5. The molecule has 182 valence electrons. The summed E-state index contributed by atoms with van der Waals surface area (Å²) in [6.45, 7) is 4.46. The number of hydrogen-bond acceptors (Lipinski definition) is 5. The third kappa shape index (κ3) is 3.59. The summed E-state index contributed by atoms with van der Waals surface area (Å²) in [7, 11) is -3.90. The van der Waals surface area contributed by atoms with Crippen LogP contribution in [0.2, 0.25) is 0 Å². The number of esters is 1. The van der Waals surface area contributed by atoms with Crippen LogP contribution in [0, 0.1) is 28.6 Å². The van der Waals surface area contributed by atoms with Gasteiger partial charge in [0.15, 0.2) is 5.78 Å². The number of ketones is 1. The first-order valence-corrected chi connectivity index (χ1v) is 13.8.